The van der Waals surface area contributed by atoms with Crippen molar-refractivity contribution in [1.82, 2.24) is 0 Å². The average molecular weight is 401 g/mol. The van der Waals surface area contributed by atoms with Gasteiger partial charge in [0.15, 0.2) is 5.75 Å². The Morgan fingerprint density at radius 3 is 2.52 bits per heavy atom. The van der Waals surface area contributed by atoms with Gasteiger partial charge in [0.05, 0.1) is 17.3 Å². The first-order valence-electron chi connectivity index (χ1n) is 6.09. The molecule has 118 valence electrons. The summed E-state index contributed by atoms with van der Waals surface area (Å²) in [7, 11) is 1.60. The maximum Gasteiger partial charge on any atom is 0.312 e. The highest BCUT2D eigenvalue weighted by Gasteiger charge is 2.23. The lowest BCUT2D eigenvalue weighted by molar-refractivity contribution is -0.386. The van der Waals surface area contributed by atoms with Gasteiger partial charge >= 0.3 is 5.69 Å². The minimum absolute atomic E-state index is 0.00743. The van der Waals surface area contributed by atoms with Crippen molar-refractivity contribution < 1.29 is 18.1 Å². The Bertz CT molecular complexity index is 620. The molecule has 0 aliphatic rings. The molecule has 0 saturated heterocycles. The molecule has 0 fully saturated rings. The van der Waals surface area contributed by atoms with Crippen LogP contribution < -0.4 is 4.74 Å². The average Bonchev–Trinajstić information content (AvgIpc) is 2.33. The lowest BCUT2D eigenvalue weighted by atomic mass is 9.99. The van der Waals surface area contributed by atoms with Crippen molar-refractivity contribution in [2.75, 3.05) is 12.4 Å². The van der Waals surface area contributed by atoms with Gasteiger partial charge in [-0.1, -0.05) is 29.8 Å². The Morgan fingerprint density at radius 2 is 2.05 bits per heavy atom. The number of rotatable bonds is 7. The molecule has 0 saturated carbocycles. The first kappa shape index (κ1) is 18.2. The van der Waals surface area contributed by atoms with E-state index in [1.54, 1.807) is 6.07 Å². The second kappa shape index (κ2) is 7.42. The Kier molecular flexibility index (Phi) is 6.42. The molecule has 6 nitrogen and oxygen atoms in total. The molecule has 0 heterocycles. The molecule has 1 unspecified atom stereocenters. The van der Waals surface area contributed by atoms with Gasteiger partial charge in [-0.05, 0) is 18.1 Å². The molecule has 1 atom stereocenters. The summed E-state index contributed by atoms with van der Waals surface area (Å²) in [5, 5.41) is 11.0. The Hall–Kier alpha value is -0.860. The third kappa shape index (κ3) is 6.19. The summed E-state index contributed by atoms with van der Waals surface area (Å²) < 4.78 is 28.3. The number of nitrogens with zero attached hydrogens (tertiary/aromatic N) is 1. The van der Waals surface area contributed by atoms with Crippen molar-refractivity contribution in [2.45, 2.75) is 13.8 Å². The fourth-order valence-corrected chi connectivity index (χ4v) is 3.47. The third-order valence-electron chi connectivity index (χ3n) is 2.93. The maximum absolute atomic E-state index is 11.2. The van der Waals surface area contributed by atoms with Crippen molar-refractivity contribution in [3.8, 4) is 5.75 Å². The third-order valence-corrected chi connectivity index (χ3v) is 4.62. The molecule has 0 radical (unpaired) electrons. The number of halogens is 2. The highest BCUT2D eigenvalue weighted by molar-refractivity contribution is 9.10. The zero-order valence-electron chi connectivity index (χ0n) is 11.5. The topological polar surface area (TPSA) is 86.5 Å². The van der Waals surface area contributed by atoms with E-state index in [-0.39, 0.29) is 35.6 Å². The van der Waals surface area contributed by atoms with Gasteiger partial charge in [0.1, 0.15) is 0 Å². The van der Waals surface area contributed by atoms with E-state index in [1.807, 2.05) is 13.8 Å². The summed E-state index contributed by atoms with van der Waals surface area (Å²) >= 11 is 3.15. The van der Waals surface area contributed by atoms with Crippen LogP contribution in [0.5, 0.6) is 5.75 Å². The lowest BCUT2D eigenvalue weighted by Crippen LogP contribution is -2.24. The van der Waals surface area contributed by atoms with E-state index in [9.17, 15) is 18.5 Å². The molecular formula is C12H15BrClNO5S. The largest absolute Gasteiger partial charge is 0.486 e. The predicted octanol–water partition coefficient (Wildman–Crippen LogP) is 3.58. The molecule has 0 aromatic heterocycles. The SMILES string of the molecule is CC(C)C(COc1ccc(Br)cc1[N+](=O)[O-])CS(=O)(=O)Cl. The Balaban J connectivity index is 2.88. The van der Waals surface area contributed by atoms with Crippen molar-refractivity contribution in [2.24, 2.45) is 11.8 Å². The molecule has 0 bridgehead atoms. The van der Waals surface area contributed by atoms with Crippen LogP contribution in [0.4, 0.5) is 5.69 Å². The fraction of sp³-hybridized carbons (Fsp3) is 0.500. The summed E-state index contributed by atoms with van der Waals surface area (Å²) in [5.74, 6) is -0.485. The zero-order valence-corrected chi connectivity index (χ0v) is 14.6. The van der Waals surface area contributed by atoms with Crippen LogP contribution >= 0.6 is 26.6 Å². The van der Waals surface area contributed by atoms with Gasteiger partial charge in [-0.25, -0.2) is 8.42 Å². The van der Waals surface area contributed by atoms with Crippen LogP contribution in [-0.2, 0) is 9.05 Å². The summed E-state index contributed by atoms with van der Waals surface area (Å²) in [5.41, 5.74) is -0.180. The molecule has 9 heteroatoms. The van der Waals surface area contributed by atoms with E-state index in [2.05, 4.69) is 15.9 Å². The number of nitro benzene ring substituents is 1. The van der Waals surface area contributed by atoms with Crippen molar-refractivity contribution in [3.63, 3.8) is 0 Å². The second-order valence-electron chi connectivity index (χ2n) is 4.89. The molecule has 0 aliphatic heterocycles. The van der Waals surface area contributed by atoms with Crippen LogP contribution in [0.25, 0.3) is 0 Å². The molecule has 0 N–H and O–H groups in total. The predicted molar refractivity (Wildman–Crippen MR) is 84.3 cm³/mol. The number of hydrogen-bond donors (Lipinski definition) is 0. The van der Waals surface area contributed by atoms with Crippen LogP contribution in [0.3, 0.4) is 0 Å². The first-order chi connectivity index (χ1) is 9.60. The Morgan fingerprint density at radius 1 is 1.43 bits per heavy atom. The van der Waals surface area contributed by atoms with Gasteiger partial charge in [0.2, 0.25) is 9.05 Å². The van der Waals surface area contributed by atoms with Gasteiger partial charge in [-0.15, -0.1) is 0 Å². The molecule has 1 aromatic rings. The summed E-state index contributed by atoms with van der Waals surface area (Å²) in [4.78, 5) is 10.4. The second-order valence-corrected chi connectivity index (χ2v) is 8.63. The fourth-order valence-electron chi connectivity index (χ4n) is 1.64. The number of hydrogen-bond acceptors (Lipinski definition) is 5. The van der Waals surface area contributed by atoms with Crippen LogP contribution in [-0.4, -0.2) is 25.7 Å². The summed E-state index contributed by atoms with van der Waals surface area (Å²) in [6.07, 6.45) is 0. The smallest absolute Gasteiger partial charge is 0.312 e. The standard InChI is InChI=1S/C12H15BrClNO5S/c1-8(2)9(7-21(14,18)19)6-20-12-4-3-10(13)5-11(12)15(16)17/h3-5,8-9H,6-7H2,1-2H3. The van der Waals surface area contributed by atoms with E-state index in [4.69, 9.17) is 15.4 Å². The maximum atomic E-state index is 11.2. The minimum Gasteiger partial charge on any atom is -0.486 e. The molecule has 1 aromatic carbocycles. The molecule has 0 amide bonds. The van der Waals surface area contributed by atoms with Crippen molar-refractivity contribution in [3.05, 3.63) is 32.8 Å². The molecule has 1 rings (SSSR count). The van der Waals surface area contributed by atoms with Gasteiger partial charge < -0.3 is 4.74 Å². The van der Waals surface area contributed by atoms with E-state index in [0.29, 0.717) is 4.47 Å². The number of ether oxygens (including phenoxy) is 1. The zero-order chi connectivity index (χ0) is 16.2. The quantitative estimate of drug-likeness (QED) is 0.397. The van der Waals surface area contributed by atoms with Gasteiger partial charge in [-0.2, -0.15) is 0 Å². The van der Waals surface area contributed by atoms with E-state index < -0.39 is 14.0 Å². The molecular weight excluding hydrogens is 386 g/mol. The minimum atomic E-state index is -3.66. The van der Waals surface area contributed by atoms with Crippen molar-refractivity contribution >= 4 is 41.4 Å². The van der Waals surface area contributed by atoms with Crippen LogP contribution in [0, 0.1) is 22.0 Å². The van der Waals surface area contributed by atoms with Crippen molar-refractivity contribution in [1.29, 1.82) is 0 Å². The van der Waals surface area contributed by atoms with Crippen LogP contribution in [0.2, 0.25) is 0 Å². The van der Waals surface area contributed by atoms with Gasteiger partial charge in [-0.3, -0.25) is 10.1 Å². The van der Waals surface area contributed by atoms with E-state index in [1.165, 1.54) is 12.1 Å². The highest BCUT2D eigenvalue weighted by Crippen LogP contribution is 2.31. The van der Waals surface area contributed by atoms with Crippen LogP contribution in [0.15, 0.2) is 22.7 Å². The monoisotopic (exact) mass is 399 g/mol. The molecule has 21 heavy (non-hydrogen) atoms. The Labute approximate surface area is 136 Å². The number of nitro groups is 1. The molecule has 0 aliphatic carbocycles. The van der Waals surface area contributed by atoms with E-state index in [0.717, 1.165) is 0 Å². The van der Waals surface area contributed by atoms with Gasteiger partial charge in [0, 0.05) is 27.1 Å². The normalized spacial score (nSPS) is 13.2. The van der Waals surface area contributed by atoms with Gasteiger partial charge in [0.25, 0.3) is 0 Å². The summed E-state index contributed by atoms with van der Waals surface area (Å²) in [6, 6.07) is 4.41. The molecule has 0 spiro atoms. The van der Waals surface area contributed by atoms with Crippen LogP contribution in [0.1, 0.15) is 13.8 Å². The lowest BCUT2D eigenvalue weighted by Gasteiger charge is -2.19. The highest BCUT2D eigenvalue weighted by atomic mass is 79.9. The number of benzene rings is 1. The summed E-state index contributed by atoms with van der Waals surface area (Å²) in [6.45, 7) is 3.71. The first-order valence-corrected chi connectivity index (χ1v) is 9.36. The van der Waals surface area contributed by atoms with E-state index >= 15 is 0 Å².